The smallest absolute Gasteiger partial charge is 0.338 e. The van der Waals surface area contributed by atoms with Crippen LogP contribution >= 0.6 is 15.9 Å². The second kappa shape index (κ2) is 6.15. The maximum absolute atomic E-state index is 11.7. The van der Waals surface area contributed by atoms with Gasteiger partial charge in [-0.3, -0.25) is 10.1 Å². The van der Waals surface area contributed by atoms with Crippen LogP contribution in [0.1, 0.15) is 17.3 Å². The lowest BCUT2D eigenvalue weighted by Gasteiger charge is -2.11. The van der Waals surface area contributed by atoms with E-state index in [4.69, 9.17) is 10.5 Å². The lowest BCUT2D eigenvalue weighted by molar-refractivity contribution is -0.127. The van der Waals surface area contributed by atoms with Gasteiger partial charge >= 0.3 is 12.0 Å². The van der Waals surface area contributed by atoms with Crippen LogP contribution in [-0.2, 0) is 9.53 Å². The van der Waals surface area contributed by atoms with Crippen LogP contribution in [-0.4, -0.2) is 24.0 Å². The van der Waals surface area contributed by atoms with Gasteiger partial charge in [-0.05, 0) is 25.1 Å². The Morgan fingerprint density at radius 3 is 2.61 bits per heavy atom. The Morgan fingerprint density at radius 2 is 2.06 bits per heavy atom. The number of nitrogens with two attached hydrogens (primary N) is 1. The van der Waals surface area contributed by atoms with Crippen LogP contribution in [0, 0.1) is 0 Å². The molecule has 0 bridgehead atoms. The second-order valence-electron chi connectivity index (χ2n) is 3.41. The van der Waals surface area contributed by atoms with E-state index in [9.17, 15) is 14.4 Å². The second-order valence-corrected chi connectivity index (χ2v) is 4.33. The average Bonchev–Trinajstić information content (AvgIpc) is 2.27. The van der Waals surface area contributed by atoms with Gasteiger partial charge < -0.3 is 10.5 Å². The molecule has 0 unspecified atom stereocenters. The molecule has 0 radical (unpaired) electrons. The standard InChI is InChI=1S/C11H11BrN2O4/c1-6(9(15)14-11(13)17)18-10(16)7-3-2-4-8(12)5-7/h2-6H,1H3,(H3,13,14,15,17)/t6-/m1/s1. The van der Waals surface area contributed by atoms with Crippen LogP contribution in [0.5, 0.6) is 0 Å². The number of urea groups is 1. The molecule has 0 heterocycles. The fraction of sp³-hybridized carbons (Fsp3) is 0.182. The van der Waals surface area contributed by atoms with E-state index in [0.717, 1.165) is 0 Å². The van der Waals surface area contributed by atoms with Crippen molar-refractivity contribution in [1.29, 1.82) is 0 Å². The van der Waals surface area contributed by atoms with Crippen LogP contribution in [0.15, 0.2) is 28.7 Å². The summed E-state index contributed by atoms with van der Waals surface area (Å²) in [7, 11) is 0. The van der Waals surface area contributed by atoms with Gasteiger partial charge in [0.2, 0.25) is 0 Å². The van der Waals surface area contributed by atoms with Gasteiger partial charge in [0, 0.05) is 4.47 Å². The minimum atomic E-state index is -1.11. The fourth-order valence-corrected chi connectivity index (χ4v) is 1.52. The van der Waals surface area contributed by atoms with Crippen LogP contribution < -0.4 is 11.1 Å². The Bertz CT molecular complexity index is 490. The highest BCUT2D eigenvalue weighted by Crippen LogP contribution is 2.13. The molecule has 96 valence electrons. The van der Waals surface area contributed by atoms with Gasteiger partial charge in [-0.25, -0.2) is 9.59 Å². The Morgan fingerprint density at radius 1 is 1.39 bits per heavy atom. The molecule has 6 nitrogen and oxygen atoms in total. The van der Waals surface area contributed by atoms with Gasteiger partial charge in [-0.15, -0.1) is 0 Å². The van der Waals surface area contributed by atoms with Crippen molar-refractivity contribution in [1.82, 2.24) is 5.32 Å². The van der Waals surface area contributed by atoms with Gasteiger partial charge in [0.25, 0.3) is 5.91 Å². The van der Waals surface area contributed by atoms with E-state index < -0.39 is 24.0 Å². The van der Waals surface area contributed by atoms with Crippen molar-refractivity contribution >= 4 is 33.8 Å². The van der Waals surface area contributed by atoms with Crippen molar-refractivity contribution in [2.45, 2.75) is 13.0 Å². The number of rotatable bonds is 3. The van der Waals surface area contributed by atoms with E-state index in [1.807, 2.05) is 5.32 Å². The number of imide groups is 1. The van der Waals surface area contributed by atoms with Crippen molar-refractivity contribution in [2.75, 3.05) is 0 Å². The fourth-order valence-electron chi connectivity index (χ4n) is 1.12. The van der Waals surface area contributed by atoms with E-state index in [1.165, 1.54) is 6.92 Å². The number of hydrogen-bond donors (Lipinski definition) is 2. The molecule has 3 amide bonds. The monoisotopic (exact) mass is 314 g/mol. The maximum atomic E-state index is 11.7. The van der Waals surface area contributed by atoms with Gasteiger partial charge in [0.1, 0.15) is 0 Å². The highest BCUT2D eigenvalue weighted by molar-refractivity contribution is 9.10. The predicted molar refractivity (Wildman–Crippen MR) is 66.7 cm³/mol. The molecule has 18 heavy (non-hydrogen) atoms. The van der Waals surface area contributed by atoms with Gasteiger partial charge in [-0.1, -0.05) is 22.0 Å². The van der Waals surface area contributed by atoms with Crippen LogP contribution in [0.25, 0.3) is 0 Å². The van der Waals surface area contributed by atoms with E-state index >= 15 is 0 Å². The summed E-state index contributed by atoms with van der Waals surface area (Å²) in [5, 5.41) is 1.82. The van der Waals surface area contributed by atoms with Crippen molar-refractivity contribution in [2.24, 2.45) is 5.73 Å². The maximum Gasteiger partial charge on any atom is 0.338 e. The first-order valence-corrected chi connectivity index (χ1v) is 5.76. The minimum absolute atomic E-state index is 0.295. The van der Waals surface area contributed by atoms with Crippen LogP contribution in [0.3, 0.4) is 0 Å². The summed E-state index contributed by atoms with van der Waals surface area (Å²) < 4.78 is 5.59. The van der Waals surface area contributed by atoms with Crippen molar-refractivity contribution in [3.05, 3.63) is 34.3 Å². The van der Waals surface area contributed by atoms with E-state index in [1.54, 1.807) is 24.3 Å². The quantitative estimate of drug-likeness (QED) is 0.819. The first kappa shape index (κ1) is 14.2. The molecule has 7 heteroatoms. The normalized spacial score (nSPS) is 11.4. The average molecular weight is 315 g/mol. The summed E-state index contributed by atoms with van der Waals surface area (Å²) in [5.74, 6) is -1.44. The number of primary amides is 1. The Hall–Kier alpha value is -1.89. The molecule has 0 aliphatic carbocycles. The number of halogens is 1. The number of benzene rings is 1. The van der Waals surface area contributed by atoms with Crippen molar-refractivity contribution in [3.63, 3.8) is 0 Å². The number of carbonyl (C=O) groups excluding carboxylic acids is 3. The highest BCUT2D eigenvalue weighted by Gasteiger charge is 2.19. The highest BCUT2D eigenvalue weighted by atomic mass is 79.9. The first-order chi connectivity index (χ1) is 8.40. The molecule has 0 saturated heterocycles. The zero-order chi connectivity index (χ0) is 13.7. The molecule has 0 spiro atoms. The molecule has 1 atom stereocenters. The SMILES string of the molecule is C[C@@H](OC(=O)c1cccc(Br)c1)C(=O)NC(N)=O. The molecular formula is C11H11BrN2O4. The van der Waals surface area contributed by atoms with Gasteiger partial charge in [-0.2, -0.15) is 0 Å². The molecule has 0 aliphatic heterocycles. The molecule has 0 fully saturated rings. The molecule has 0 aromatic heterocycles. The third-order valence-corrected chi connectivity index (χ3v) is 2.45. The third kappa shape index (κ3) is 4.17. The number of hydrogen-bond acceptors (Lipinski definition) is 4. The van der Waals surface area contributed by atoms with Crippen LogP contribution in [0.4, 0.5) is 4.79 Å². The topological polar surface area (TPSA) is 98.5 Å². The first-order valence-electron chi connectivity index (χ1n) is 4.97. The Labute approximate surface area is 112 Å². The van der Waals surface area contributed by atoms with Crippen molar-refractivity contribution < 1.29 is 19.1 Å². The molecule has 1 rings (SSSR count). The lowest BCUT2D eigenvalue weighted by atomic mass is 10.2. The number of esters is 1. The molecule has 1 aromatic carbocycles. The van der Waals surface area contributed by atoms with Gasteiger partial charge in [0.05, 0.1) is 5.56 Å². The third-order valence-electron chi connectivity index (χ3n) is 1.96. The number of nitrogens with one attached hydrogen (secondary N) is 1. The Balaban J connectivity index is 2.65. The lowest BCUT2D eigenvalue weighted by Crippen LogP contribution is -2.42. The predicted octanol–water partition coefficient (Wildman–Crippen LogP) is 1.19. The van der Waals surface area contributed by atoms with Gasteiger partial charge in [0.15, 0.2) is 6.10 Å². The molecule has 3 N–H and O–H groups in total. The zero-order valence-electron chi connectivity index (χ0n) is 9.48. The van der Waals surface area contributed by atoms with E-state index in [0.29, 0.717) is 10.0 Å². The number of amides is 3. The zero-order valence-corrected chi connectivity index (χ0v) is 11.1. The summed E-state index contributed by atoms with van der Waals surface area (Å²) in [4.78, 5) is 33.4. The Kier molecular flexibility index (Phi) is 4.85. The summed E-state index contributed by atoms with van der Waals surface area (Å²) >= 11 is 3.21. The molecule has 0 aliphatic rings. The van der Waals surface area contributed by atoms with Crippen molar-refractivity contribution in [3.8, 4) is 0 Å². The van der Waals surface area contributed by atoms with Crippen LogP contribution in [0.2, 0.25) is 0 Å². The minimum Gasteiger partial charge on any atom is -0.449 e. The molecular weight excluding hydrogens is 304 g/mol. The number of carbonyl (C=O) groups is 3. The summed E-state index contributed by atoms with van der Waals surface area (Å²) in [6.45, 7) is 1.34. The van der Waals surface area contributed by atoms with E-state index in [2.05, 4.69) is 15.9 Å². The summed E-state index contributed by atoms with van der Waals surface area (Å²) in [6, 6.07) is 5.52. The number of ether oxygens (including phenoxy) is 1. The summed E-state index contributed by atoms with van der Waals surface area (Å²) in [5.41, 5.74) is 5.07. The summed E-state index contributed by atoms with van der Waals surface area (Å²) in [6.07, 6.45) is -1.11. The largest absolute Gasteiger partial charge is 0.449 e. The molecule has 0 saturated carbocycles. The molecule has 1 aromatic rings. The van der Waals surface area contributed by atoms with E-state index in [-0.39, 0.29) is 0 Å².